The summed E-state index contributed by atoms with van der Waals surface area (Å²) in [5.41, 5.74) is 12.4. The minimum absolute atomic E-state index is 0.608. The Hall–Kier alpha value is -7.02. The molecule has 2 aliphatic carbocycles. The highest BCUT2D eigenvalue weighted by Crippen LogP contribution is 2.69. The van der Waals surface area contributed by atoms with Crippen molar-refractivity contribution in [3.05, 3.63) is 209 Å². The van der Waals surface area contributed by atoms with E-state index in [9.17, 15) is 0 Å². The van der Waals surface area contributed by atoms with E-state index in [0.717, 1.165) is 56.1 Å². The van der Waals surface area contributed by atoms with E-state index >= 15 is 0 Å². The number of furan rings is 1. The maximum absolute atomic E-state index is 7.28. The molecule has 262 valence electrons. The van der Waals surface area contributed by atoms with Crippen LogP contribution in [0.2, 0.25) is 0 Å². The van der Waals surface area contributed by atoms with E-state index in [-0.39, 0.29) is 0 Å². The molecule has 2 aromatic heterocycles. The number of nitrogens with zero attached hydrogens (tertiary/aromatic N) is 4. The van der Waals surface area contributed by atoms with Gasteiger partial charge >= 0.3 is 0 Å². The van der Waals surface area contributed by atoms with Crippen LogP contribution in [0.4, 0.5) is 11.4 Å². The number of benzene rings is 7. The smallest absolute Gasteiger partial charge is 0.164 e. The molecule has 3 heterocycles. The Morgan fingerprint density at radius 3 is 1.68 bits per heavy atom. The molecule has 12 rings (SSSR count). The number of anilines is 2. The Morgan fingerprint density at radius 2 is 1.04 bits per heavy atom. The molecule has 0 radical (unpaired) electrons. The van der Waals surface area contributed by atoms with Gasteiger partial charge in [-0.3, -0.25) is 0 Å². The number of para-hydroxylation sites is 2. The molecule has 0 saturated heterocycles. The van der Waals surface area contributed by atoms with Crippen molar-refractivity contribution in [2.45, 2.75) is 10.3 Å². The Kier molecular flexibility index (Phi) is 6.71. The molecule has 6 heteroatoms. The van der Waals surface area contributed by atoms with E-state index in [1.54, 1.807) is 0 Å². The summed E-state index contributed by atoms with van der Waals surface area (Å²) in [4.78, 5) is 20.1. The van der Waals surface area contributed by atoms with Crippen LogP contribution in [-0.2, 0) is 5.41 Å². The highest BCUT2D eigenvalue weighted by atomic mass is 32.2. The first-order chi connectivity index (χ1) is 27.8. The summed E-state index contributed by atoms with van der Waals surface area (Å²) < 4.78 is 7.28. The molecule has 3 aliphatic rings. The van der Waals surface area contributed by atoms with Crippen LogP contribution in [0.5, 0.6) is 0 Å². The summed E-state index contributed by atoms with van der Waals surface area (Å²) in [6.07, 6.45) is 0. The predicted octanol–water partition coefficient (Wildman–Crippen LogP) is 12.6. The van der Waals surface area contributed by atoms with Gasteiger partial charge in [-0.15, -0.1) is 0 Å². The molecule has 9 aromatic rings. The minimum Gasteiger partial charge on any atom is -0.459 e. The van der Waals surface area contributed by atoms with E-state index in [2.05, 4.69) is 126 Å². The molecule has 0 N–H and O–H groups in total. The van der Waals surface area contributed by atoms with Gasteiger partial charge < -0.3 is 9.32 Å². The maximum atomic E-state index is 7.28. The average Bonchev–Trinajstić information content (AvgIpc) is 3.89. The van der Waals surface area contributed by atoms with Crippen LogP contribution in [-0.4, -0.2) is 15.0 Å². The van der Waals surface area contributed by atoms with Crippen molar-refractivity contribution in [1.29, 1.82) is 0 Å². The highest BCUT2D eigenvalue weighted by Gasteiger charge is 2.59. The minimum atomic E-state index is -0.656. The topological polar surface area (TPSA) is 55.1 Å². The molecule has 0 fully saturated rings. The van der Waals surface area contributed by atoms with Crippen molar-refractivity contribution in [2.24, 2.45) is 0 Å². The fourth-order valence-corrected chi connectivity index (χ4v) is 10.3. The van der Waals surface area contributed by atoms with Gasteiger partial charge in [0.05, 0.1) is 16.9 Å². The van der Waals surface area contributed by atoms with Crippen molar-refractivity contribution < 1.29 is 4.42 Å². The molecule has 0 unspecified atom stereocenters. The van der Waals surface area contributed by atoms with Crippen LogP contribution in [0.1, 0.15) is 22.5 Å². The lowest BCUT2D eigenvalue weighted by atomic mass is 9.77. The number of rotatable bonds is 4. The number of aromatic nitrogens is 3. The van der Waals surface area contributed by atoms with E-state index < -0.39 is 5.41 Å². The molecule has 1 spiro atoms. The average molecular weight is 735 g/mol. The van der Waals surface area contributed by atoms with Gasteiger partial charge in [0.2, 0.25) is 0 Å². The van der Waals surface area contributed by atoms with Gasteiger partial charge in [0.25, 0.3) is 0 Å². The first kappa shape index (κ1) is 31.3. The van der Waals surface area contributed by atoms with Crippen LogP contribution in [0, 0.1) is 0 Å². The van der Waals surface area contributed by atoms with Crippen LogP contribution < -0.4 is 4.90 Å². The van der Waals surface area contributed by atoms with Crippen LogP contribution in [0.15, 0.2) is 196 Å². The summed E-state index contributed by atoms with van der Waals surface area (Å²) >= 11 is 1.86. The summed E-state index contributed by atoms with van der Waals surface area (Å²) in [7, 11) is 0. The molecule has 0 saturated carbocycles. The number of hydrogen-bond donors (Lipinski definition) is 0. The monoisotopic (exact) mass is 734 g/mol. The first-order valence-corrected chi connectivity index (χ1v) is 19.6. The lowest BCUT2D eigenvalue weighted by Gasteiger charge is -2.37. The molecule has 7 aromatic carbocycles. The summed E-state index contributed by atoms with van der Waals surface area (Å²) in [6.45, 7) is 0. The second-order valence-electron chi connectivity index (χ2n) is 14.3. The Balaban J connectivity index is 1.17. The van der Waals surface area contributed by atoms with Crippen molar-refractivity contribution in [2.75, 3.05) is 4.90 Å². The zero-order valence-electron chi connectivity index (χ0n) is 29.9. The van der Waals surface area contributed by atoms with Crippen molar-refractivity contribution in [3.8, 4) is 45.3 Å². The quantitative estimate of drug-likeness (QED) is 0.179. The summed E-state index contributed by atoms with van der Waals surface area (Å²) in [5.74, 6) is 2.81. The molecule has 0 bridgehead atoms. The number of hydrogen-bond acceptors (Lipinski definition) is 6. The van der Waals surface area contributed by atoms with Gasteiger partial charge in [-0.05, 0) is 64.7 Å². The SMILES string of the molecule is c1ccc(-c2nc(-c3ccccc3)nc(-c3ccc4oc5c(c4c3)C3=C(Sc4ccccc4N3c3ccccc3)C53c4ccccc4-c4ccccc43)n2)cc1. The first-order valence-electron chi connectivity index (χ1n) is 18.8. The number of allylic oxidation sites excluding steroid dienone is 1. The lowest BCUT2D eigenvalue weighted by Crippen LogP contribution is -2.28. The Bertz CT molecular complexity index is 2960. The van der Waals surface area contributed by atoms with Crippen molar-refractivity contribution >= 4 is 39.8 Å². The molecule has 5 nitrogen and oxygen atoms in total. The zero-order chi connectivity index (χ0) is 36.8. The Labute approximate surface area is 327 Å². The van der Waals surface area contributed by atoms with E-state index in [4.69, 9.17) is 19.4 Å². The molecule has 0 amide bonds. The summed E-state index contributed by atoms with van der Waals surface area (Å²) in [5, 5.41) is 1.02. The number of fused-ring (bicyclic) bond motifs is 12. The summed E-state index contributed by atoms with van der Waals surface area (Å²) in [6, 6.07) is 63.8. The van der Waals surface area contributed by atoms with Gasteiger partial charge in [-0.25, -0.2) is 15.0 Å². The standard InChI is InChI=1S/C50H30N4OS/c1-4-16-31(17-5-1)47-51-48(32-18-6-2-7-19-32)53-49(52-47)33-28-29-41-37(30-33)43-44-46(56-42-27-15-14-26-40(42)54(44)34-20-8-3-9-21-34)50(45(43)55-41)38-24-12-10-22-35(38)36-23-11-13-25-39(36)50/h1-30H. The van der Waals surface area contributed by atoms with Gasteiger partial charge in [0.15, 0.2) is 17.5 Å². The van der Waals surface area contributed by atoms with Crippen LogP contribution >= 0.6 is 11.8 Å². The van der Waals surface area contributed by atoms with E-state index in [1.165, 1.54) is 32.1 Å². The lowest BCUT2D eigenvalue weighted by molar-refractivity contribution is 0.506. The highest BCUT2D eigenvalue weighted by molar-refractivity contribution is 8.03. The normalized spacial score (nSPS) is 14.4. The van der Waals surface area contributed by atoms with Gasteiger partial charge in [-0.1, -0.05) is 151 Å². The van der Waals surface area contributed by atoms with Crippen molar-refractivity contribution in [3.63, 3.8) is 0 Å². The van der Waals surface area contributed by atoms with Gasteiger partial charge in [-0.2, -0.15) is 0 Å². The van der Waals surface area contributed by atoms with E-state index in [1.807, 2.05) is 72.4 Å². The van der Waals surface area contributed by atoms with Crippen LogP contribution in [0.25, 0.3) is 62.0 Å². The maximum Gasteiger partial charge on any atom is 0.164 e. The molecular formula is C50H30N4OS. The fourth-order valence-electron chi connectivity index (χ4n) is 8.93. The second-order valence-corrected chi connectivity index (χ2v) is 15.4. The third kappa shape index (κ3) is 4.36. The fraction of sp³-hybridized carbons (Fsp3) is 0.0200. The molecular weight excluding hydrogens is 705 g/mol. The van der Waals surface area contributed by atoms with Gasteiger partial charge in [0, 0.05) is 37.6 Å². The third-order valence-corrected chi connectivity index (χ3v) is 12.6. The largest absolute Gasteiger partial charge is 0.459 e. The third-order valence-electron chi connectivity index (χ3n) is 11.3. The molecule has 1 aliphatic heterocycles. The predicted molar refractivity (Wildman–Crippen MR) is 225 cm³/mol. The number of thioether (sulfide) groups is 1. The van der Waals surface area contributed by atoms with Crippen molar-refractivity contribution in [1.82, 2.24) is 15.0 Å². The Morgan fingerprint density at radius 1 is 0.500 bits per heavy atom. The molecule has 0 atom stereocenters. The van der Waals surface area contributed by atoms with Gasteiger partial charge in [0.1, 0.15) is 16.8 Å². The molecule has 56 heavy (non-hydrogen) atoms. The zero-order valence-corrected chi connectivity index (χ0v) is 30.7. The van der Waals surface area contributed by atoms with Crippen LogP contribution in [0.3, 0.4) is 0 Å². The van der Waals surface area contributed by atoms with E-state index in [0.29, 0.717) is 17.5 Å². The second kappa shape index (κ2) is 12.0.